The first-order chi connectivity index (χ1) is 17.1. The van der Waals surface area contributed by atoms with E-state index in [0.29, 0.717) is 74.2 Å². The van der Waals surface area contributed by atoms with Crippen LogP contribution in [0.2, 0.25) is 5.02 Å². The number of halogens is 1. The molecule has 2 aliphatic rings. The third kappa shape index (κ3) is 6.37. The normalized spacial score (nSPS) is 16.7. The van der Waals surface area contributed by atoms with Gasteiger partial charge in [0.15, 0.2) is 0 Å². The minimum Gasteiger partial charge on any atom is -0.492 e. The number of nitrogens with one attached hydrogen (secondary N) is 1. The summed E-state index contributed by atoms with van der Waals surface area (Å²) in [7, 11) is 0. The summed E-state index contributed by atoms with van der Waals surface area (Å²) in [5.74, 6) is 2.10. The van der Waals surface area contributed by atoms with Crippen molar-refractivity contribution in [3.05, 3.63) is 46.6 Å². The van der Waals surface area contributed by atoms with Crippen LogP contribution in [0.1, 0.15) is 42.6 Å². The SMILES string of the molecule is CCOc1cc(CN(c2ccc(C(=O)N3CCOCC3)cn2)C2CCNCC2)cc(OCC)c1Cl. The molecule has 0 radical (unpaired) electrons. The molecule has 8 nitrogen and oxygen atoms in total. The molecule has 0 spiro atoms. The lowest BCUT2D eigenvalue weighted by molar-refractivity contribution is 0.0302. The van der Waals surface area contributed by atoms with Gasteiger partial charge in [-0.3, -0.25) is 4.79 Å². The average Bonchev–Trinajstić information content (AvgIpc) is 2.91. The molecule has 2 saturated heterocycles. The second-order valence-electron chi connectivity index (χ2n) is 8.69. The van der Waals surface area contributed by atoms with Gasteiger partial charge in [0.2, 0.25) is 0 Å². The number of morpholine rings is 1. The highest BCUT2D eigenvalue weighted by atomic mass is 35.5. The van der Waals surface area contributed by atoms with E-state index in [0.717, 1.165) is 37.3 Å². The van der Waals surface area contributed by atoms with E-state index in [4.69, 9.17) is 30.8 Å². The van der Waals surface area contributed by atoms with Crippen LogP contribution < -0.4 is 19.7 Å². The van der Waals surface area contributed by atoms with Crippen molar-refractivity contribution in [1.82, 2.24) is 15.2 Å². The number of piperidine rings is 1. The van der Waals surface area contributed by atoms with Crippen LogP contribution >= 0.6 is 11.6 Å². The van der Waals surface area contributed by atoms with Gasteiger partial charge in [-0.1, -0.05) is 11.6 Å². The smallest absolute Gasteiger partial charge is 0.255 e. The van der Waals surface area contributed by atoms with Crippen LogP contribution in [0.25, 0.3) is 0 Å². The maximum absolute atomic E-state index is 12.9. The third-order valence-corrected chi connectivity index (χ3v) is 6.73. The molecule has 2 aliphatic heterocycles. The molecule has 0 bridgehead atoms. The molecular formula is C26H35ClN4O4. The zero-order chi connectivity index (χ0) is 24.6. The number of aromatic nitrogens is 1. The quantitative estimate of drug-likeness (QED) is 0.559. The van der Waals surface area contributed by atoms with Crippen LogP contribution in [-0.2, 0) is 11.3 Å². The number of carbonyl (C=O) groups excluding carboxylic acids is 1. The van der Waals surface area contributed by atoms with Crippen molar-refractivity contribution in [1.29, 1.82) is 0 Å². The number of rotatable bonds is 9. The highest BCUT2D eigenvalue weighted by molar-refractivity contribution is 6.33. The predicted octanol–water partition coefficient (Wildman–Crippen LogP) is 3.76. The largest absolute Gasteiger partial charge is 0.492 e. The van der Waals surface area contributed by atoms with E-state index < -0.39 is 0 Å². The molecule has 2 fully saturated rings. The van der Waals surface area contributed by atoms with Crippen LogP contribution in [0.15, 0.2) is 30.5 Å². The minimum atomic E-state index is 0.00109. The van der Waals surface area contributed by atoms with E-state index >= 15 is 0 Å². The zero-order valence-electron chi connectivity index (χ0n) is 20.6. The Morgan fingerprint density at radius 1 is 1.14 bits per heavy atom. The fraction of sp³-hybridized carbons (Fsp3) is 0.538. The molecule has 2 aromatic rings. The van der Waals surface area contributed by atoms with E-state index in [2.05, 4.69) is 10.2 Å². The molecule has 190 valence electrons. The van der Waals surface area contributed by atoms with Gasteiger partial charge in [-0.15, -0.1) is 0 Å². The Kier molecular flexibility index (Phi) is 9.06. The number of carbonyl (C=O) groups is 1. The molecule has 4 rings (SSSR count). The lowest BCUT2D eigenvalue weighted by atomic mass is 10.0. The maximum atomic E-state index is 12.9. The first-order valence-corrected chi connectivity index (χ1v) is 12.9. The molecular weight excluding hydrogens is 468 g/mol. The Morgan fingerprint density at radius 2 is 1.80 bits per heavy atom. The predicted molar refractivity (Wildman–Crippen MR) is 137 cm³/mol. The number of hydrogen-bond acceptors (Lipinski definition) is 7. The van der Waals surface area contributed by atoms with E-state index in [-0.39, 0.29) is 5.91 Å². The van der Waals surface area contributed by atoms with E-state index in [1.807, 2.05) is 43.0 Å². The van der Waals surface area contributed by atoms with E-state index in [1.165, 1.54) is 0 Å². The van der Waals surface area contributed by atoms with E-state index in [9.17, 15) is 4.79 Å². The van der Waals surface area contributed by atoms with Gasteiger partial charge in [0.1, 0.15) is 22.3 Å². The summed E-state index contributed by atoms with van der Waals surface area (Å²) in [6.07, 6.45) is 3.72. The summed E-state index contributed by atoms with van der Waals surface area (Å²) < 4.78 is 16.9. The summed E-state index contributed by atoms with van der Waals surface area (Å²) in [6, 6.07) is 8.13. The number of amides is 1. The third-order valence-electron chi connectivity index (χ3n) is 6.36. The van der Waals surface area contributed by atoms with Gasteiger partial charge in [-0.25, -0.2) is 4.98 Å². The van der Waals surface area contributed by atoms with Gasteiger partial charge in [0, 0.05) is 31.9 Å². The van der Waals surface area contributed by atoms with Crippen molar-refractivity contribution >= 4 is 23.3 Å². The molecule has 0 saturated carbocycles. The Bertz CT molecular complexity index is 949. The first-order valence-electron chi connectivity index (χ1n) is 12.5. The molecule has 0 atom stereocenters. The van der Waals surface area contributed by atoms with Crippen molar-refractivity contribution < 1.29 is 19.0 Å². The van der Waals surface area contributed by atoms with Crippen molar-refractivity contribution in [2.24, 2.45) is 0 Å². The van der Waals surface area contributed by atoms with Crippen LogP contribution in [0, 0.1) is 0 Å². The topological polar surface area (TPSA) is 76.2 Å². The van der Waals surface area contributed by atoms with Gasteiger partial charge >= 0.3 is 0 Å². The van der Waals surface area contributed by atoms with Crippen LogP contribution in [-0.4, -0.2) is 74.4 Å². The Hall–Kier alpha value is -2.55. The number of ether oxygens (including phenoxy) is 3. The number of nitrogens with zero attached hydrogens (tertiary/aromatic N) is 3. The number of anilines is 1. The van der Waals surface area contributed by atoms with Crippen molar-refractivity contribution in [3.8, 4) is 11.5 Å². The first kappa shape index (κ1) is 25.5. The summed E-state index contributed by atoms with van der Waals surface area (Å²) in [6.45, 7) is 9.86. The van der Waals surface area contributed by atoms with Crippen LogP contribution in [0.3, 0.4) is 0 Å². The Balaban J connectivity index is 1.60. The minimum absolute atomic E-state index is 0.00109. The molecule has 0 aliphatic carbocycles. The summed E-state index contributed by atoms with van der Waals surface area (Å²) in [5.41, 5.74) is 1.64. The van der Waals surface area contributed by atoms with Crippen molar-refractivity contribution in [2.75, 3.05) is 57.5 Å². The van der Waals surface area contributed by atoms with Gasteiger partial charge in [-0.05, 0) is 69.6 Å². The van der Waals surface area contributed by atoms with Crippen molar-refractivity contribution in [3.63, 3.8) is 0 Å². The lowest BCUT2D eigenvalue weighted by Crippen LogP contribution is -2.43. The second-order valence-corrected chi connectivity index (χ2v) is 9.07. The molecule has 35 heavy (non-hydrogen) atoms. The molecule has 1 N–H and O–H groups in total. The highest BCUT2D eigenvalue weighted by Gasteiger charge is 2.25. The number of benzene rings is 1. The van der Waals surface area contributed by atoms with Gasteiger partial charge in [-0.2, -0.15) is 0 Å². The fourth-order valence-electron chi connectivity index (χ4n) is 4.58. The molecule has 9 heteroatoms. The molecule has 0 unspecified atom stereocenters. The highest BCUT2D eigenvalue weighted by Crippen LogP contribution is 2.37. The van der Waals surface area contributed by atoms with Gasteiger partial charge < -0.3 is 29.3 Å². The summed E-state index contributed by atoms with van der Waals surface area (Å²) in [5, 5.41) is 3.93. The molecule has 3 heterocycles. The zero-order valence-corrected chi connectivity index (χ0v) is 21.4. The monoisotopic (exact) mass is 502 g/mol. The van der Waals surface area contributed by atoms with Crippen molar-refractivity contribution in [2.45, 2.75) is 39.3 Å². The summed E-state index contributed by atoms with van der Waals surface area (Å²) >= 11 is 6.52. The summed E-state index contributed by atoms with van der Waals surface area (Å²) in [4.78, 5) is 21.8. The Morgan fingerprint density at radius 3 is 2.37 bits per heavy atom. The fourth-order valence-corrected chi connectivity index (χ4v) is 4.80. The lowest BCUT2D eigenvalue weighted by Gasteiger charge is -2.36. The molecule has 1 amide bonds. The number of pyridine rings is 1. The second kappa shape index (κ2) is 12.4. The van der Waals surface area contributed by atoms with Crippen LogP contribution in [0.4, 0.5) is 5.82 Å². The Labute approximate surface area is 212 Å². The van der Waals surface area contributed by atoms with Gasteiger partial charge in [0.05, 0.1) is 32.0 Å². The molecule has 1 aromatic heterocycles. The van der Waals surface area contributed by atoms with Gasteiger partial charge in [0.25, 0.3) is 5.91 Å². The molecule has 1 aromatic carbocycles. The maximum Gasteiger partial charge on any atom is 0.255 e. The standard InChI is InChI=1S/C26H35ClN4O4/c1-3-34-22-15-19(16-23(25(22)27)35-4-2)18-31(21-7-9-28-10-8-21)24-6-5-20(17-29-24)26(32)30-11-13-33-14-12-30/h5-6,15-17,21,28H,3-4,7-14,18H2,1-2H3. The number of hydrogen-bond donors (Lipinski definition) is 1. The average molecular weight is 503 g/mol. The van der Waals surface area contributed by atoms with Crippen LogP contribution in [0.5, 0.6) is 11.5 Å². The van der Waals surface area contributed by atoms with E-state index in [1.54, 1.807) is 6.20 Å².